The number of anilines is 1. The molecule has 0 aliphatic heterocycles. The smallest absolute Gasteiger partial charge is 0.268 e. The molecule has 27 heavy (non-hydrogen) atoms. The first-order valence-electron chi connectivity index (χ1n) is 8.50. The summed E-state index contributed by atoms with van der Waals surface area (Å²) in [5.74, 6) is -0.452. The molecule has 1 N–H and O–H groups in total. The molecule has 5 nitrogen and oxygen atoms in total. The number of aromatic nitrogens is 2. The highest BCUT2D eigenvalue weighted by atomic mass is 32.1. The molecule has 1 aromatic carbocycles. The minimum absolute atomic E-state index is 0.0485. The summed E-state index contributed by atoms with van der Waals surface area (Å²) in [6.07, 6.45) is 1.63. The van der Waals surface area contributed by atoms with Gasteiger partial charge in [0.05, 0.1) is 5.69 Å². The molecule has 0 radical (unpaired) electrons. The fraction of sp³-hybridized carbons (Fsp3) is 0.190. The second kappa shape index (κ2) is 7.60. The number of nitrogens with one attached hydrogen (secondary N) is 1. The number of nitrogens with zero attached hydrogens (tertiary/aromatic N) is 3. The quantitative estimate of drug-likeness (QED) is 0.529. The zero-order chi connectivity index (χ0) is 19.6. The monoisotopic (exact) mass is 376 g/mol. The van der Waals surface area contributed by atoms with E-state index in [-0.39, 0.29) is 5.57 Å². The van der Waals surface area contributed by atoms with Gasteiger partial charge >= 0.3 is 0 Å². The van der Waals surface area contributed by atoms with Crippen LogP contribution in [-0.2, 0) is 4.79 Å². The number of rotatable bonds is 4. The molecule has 0 aliphatic carbocycles. The van der Waals surface area contributed by atoms with Crippen LogP contribution in [0.5, 0.6) is 0 Å². The average Bonchev–Trinajstić information content (AvgIpc) is 3.15. The lowest BCUT2D eigenvalue weighted by atomic mass is 10.1. The zero-order valence-corrected chi connectivity index (χ0v) is 16.5. The minimum Gasteiger partial charge on any atom is -0.318 e. The lowest BCUT2D eigenvalue weighted by Crippen LogP contribution is -2.13. The summed E-state index contributed by atoms with van der Waals surface area (Å²) in [6, 6.07) is 12.2. The highest BCUT2D eigenvalue weighted by molar-refractivity contribution is 7.13. The van der Waals surface area contributed by atoms with Crippen LogP contribution in [0.3, 0.4) is 0 Å². The lowest BCUT2D eigenvalue weighted by Gasteiger charge is -2.10. The van der Waals surface area contributed by atoms with Gasteiger partial charge in [0.15, 0.2) is 5.13 Å². The molecule has 3 rings (SSSR count). The van der Waals surface area contributed by atoms with Crippen LogP contribution in [0.15, 0.2) is 41.3 Å². The van der Waals surface area contributed by atoms with E-state index in [4.69, 9.17) is 0 Å². The van der Waals surface area contributed by atoms with Crippen LogP contribution < -0.4 is 5.32 Å². The Kier molecular flexibility index (Phi) is 5.24. The maximum Gasteiger partial charge on any atom is 0.268 e. The number of hydrogen-bond acceptors (Lipinski definition) is 4. The second-order valence-electron chi connectivity index (χ2n) is 6.42. The van der Waals surface area contributed by atoms with Gasteiger partial charge in [0.1, 0.15) is 11.6 Å². The molecule has 136 valence electrons. The fourth-order valence-corrected chi connectivity index (χ4v) is 3.66. The van der Waals surface area contributed by atoms with E-state index in [1.807, 2.05) is 50.4 Å². The zero-order valence-electron chi connectivity index (χ0n) is 15.7. The second-order valence-corrected chi connectivity index (χ2v) is 7.28. The van der Waals surface area contributed by atoms with Gasteiger partial charge in [-0.05, 0) is 63.1 Å². The van der Waals surface area contributed by atoms with Crippen molar-refractivity contribution in [1.82, 2.24) is 9.55 Å². The van der Waals surface area contributed by atoms with E-state index in [2.05, 4.69) is 33.9 Å². The van der Waals surface area contributed by atoms with Crippen molar-refractivity contribution >= 4 is 28.5 Å². The van der Waals surface area contributed by atoms with Crippen LogP contribution in [0.25, 0.3) is 11.8 Å². The van der Waals surface area contributed by atoms with Crippen molar-refractivity contribution in [2.75, 3.05) is 5.32 Å². The van der Waals surface area contributed by atoms with E-state index in [1.54, 1.807) is 6.08 Å². The van der Waals surface area contributed by atoms with Crippen molar-refractivity contribution in [1.29, 1.82) is 5.26 Å². The van der Waals surface area contributed by atoms with Gasteiger partial charge in [-0.15, -0.1) is 11.3 Å². The number of carbonyl (C=O) groups is 1. The molecule has 1 amide bonds. The molecule has 0 aliphatic rings. The van der Waals surface area contributed by atoms with Crippen molar-refractivity contribution in [3.05, 3.63) is 69.5 Å². The summed E-state index contributed by atoms with van der Waals surface area (Å²) in [6.45, 7) is 7.90. The van der Waals surface area contributed by atoms with Gasteiger partial charge in [0, 0.05) is 22.5 Å². The number of nitriles is 1. The topological polar surface area (TPSA) is 70.7 Å². The Hall–Kier alpha value is -3.17. The third-order valence-electron chi connectivity index (χ3n) is 4.23. The van der Waals surface area contributed by atoms with Gasteiger partial charge < -0.3 is 4.57 Å². The number of hydrogen-bond donors (Lipinski definition) is 1. The van der Waals surface area contributed by atoms with Crippen molar-refractivity contribution in [3.8, 4) is 11.8 Å². The van der Waals surface area contributed by atoms with Crippen molar-refractivity contribution in [2.24, 2.45) is 0 Å². The Labute approximate surface area is 162 Å². The van der Waals surface area contributed by atoms with Gasteiger partial charge in [-0.3, -0.25) is 10.1 Å². The van der Waals surface area contributed by atoms with Crippen LogP contribution in [0.1, 0.15) is 28.2 Å². The Balaban J connectivity index is 1.94. The summed E-state index contributed by atoms with van der Waals surface area (Å²) >= 11 is 1.34. The highest BCUT2D eigenvalue weighted by Gasteiger charge is 2.15. The van der Waals surface area contributed by atoms with E-state index >= 15 is 0 Å². The van der Waals surface area contributed by atoms with Crippen LogP contribution >= 0.6 is 11.3 Å². The Morgan fingerprint density at radius 1 is 1.26 bits per heavy atom. The van der Waals surface area contributed by atoms with Crippen LogP contribution in [0.4, 0.5) is 5.13 Å². The van der Waals surface area contributed by atoms with Gasteiger partial charge in [-0.1, -0.05) is 12.1 Å². The van der Waals surface area contributed by atoms with E-state index in [0.717, 1.165) is 28.3 Å². The van der Waals surface area contributed by atoms with Crippen molar-refractivity contribution in [3.63, 3.8) is 0 Å². The molecule has 0 unspecified atom stereocenters. The number of thiazole rings is 1. The first kappa shape index (κ1) is 18.6. The maximum atomic E-state index is 12.4. The van der Waals surface area contributed by atoms with Gasteiger partial charge in [0.25, 0.3) is 5.91 Å². The third-order valence-corrected chi connectivity index (χ3v) is 5.11. The summed E-state index contributed by atoms with van der Waals surface area (Å²) in [5.41, 5.74) is 5.97. The summed E-state index contributed by atoms with van der Waals surface area (Å²) < 4.78 is 2.12. The van der Waals surface area contributed by atoms with Gasteiger partial charge in [0.2, 0.25) is 0 Å². The molecule has 0 atom stereocenters. The van der Waals surface area contributed by atoms with E-state index in [9.17, 15) is 10.1 Å². The van der Waals surface area contributed by atoms with Gasteiger partial charge in [-0.2, -0.15) is 5.26 Å². The predicted molar refractivity (Wildman–Crippen MR) is 109 cm³/mol. The Morgan fingerprint density at radius 3 is 2.67 bits per heavy atom. The van der Waals surface area contributed by atoms with Crippen molar-refractivity contribution in [2.45, 2.75) is 27.7 Å². The maximum absolute atomic E-state index is 12.4. The standard InChI is InChI=1S/C21H20N4OS/c1-13-6-5-7-19(8-13)25-15(3)9-17(16(25)4)10-18(11-22)20(26)24-21-23-14(2)12-27-21/h5-10,12H,1-4H3,(H,23,24,26). The molecular weight excluding hydrogens is 356 g/mol. The van der Waals surface area contributed by atoms with Crippen LogP contribution in [0.2, 0.25) is 0 Å². The van der Waals surface area contributed by atoms with Crippen LogP contribution in [-0.4, -0.2) is 15.5 Å². The molecule has 6 heteroatoms. The largest absolute Gasteiger partial charge is 0.318 e. The molecule has 0 bridgehead atoms. The lowest BCUT2D eigenvalue weighted by molar-refractivity contribution is -0.112. The Bertz CT molecular complexity index is 1080. The first-order chi connectivity index (χ1) is 12.9. The summed E-state index contributed by atoms with van der Waals surface area (Å²) in [4.78, 5) is 16.6. The number of benzene rings is 1. The minimum atomic E-state index is -0.452. The third kappa shape index (κ3) is 3.99. The summed E-state index contributed by atoms with van der Waals surface area (Å²) in [7, 11) is 0. The van der Waals surface area contributed by atoms with E-state index < -0.39 is 5.91 Å². The molecule has 0 spiro atoms. The van der Waals surface area contributed by atoms with Crippen LogP contribution in [0, 0.1) is 39.0 Å². The fourth-order valence-electron chi connectivity index (χ4n) is 2.98. The molecule has 0 saturated carbocycles. The van der Waals surface area contributed by atoms with E-state index in [0.29, 0.717) is 5.13 Å². The molecular formula is C21H20N4OS. The molecule has 2 aromatic heterocycles. The highest BCUT2D eigenvalue weighted by Crippen LogP contribution is 2.24. The predicted octanol–water partition coefficient (Wildman–Crippen LogP) is 4.71. The molecule has 3 aromatic rings. The number of amides is 1. The SMILES string of the molecule is Cc1cccc(-n2c(C)cc(C=C(C#N)C(=O)Nc3nc(C)cs3)c2C)c1. The molecule has 2 heterocycles. The van der Waals surface area contributed by atoms with E-state index in [1.165, 1.54) is 16.9 Å². The number of aryl methyl sites for hydroxylation is 3. The molecule has 0 fully saturated rings. The normalized spacial score (nSPS) is 11.3. The first-order valence-corrected chi connectivity index (χ1v) is 9.38. The average molecular weight is 376 g/mol. The van der Waals surface area contributed by atoms with Crippen molar-refractivity contribution < 1.29 is 4.79 Å². The molecule has 0 saturated heterocycles. The number of carbonyl (C=O) groups excluding carboxylic acids is 1. The Morgan fingerprint density at radius 2 is 2.04 bits per heavy atom. The van der Waals surface area contributed by atoms with Gasteiger partial charge in [-0.25, -0.2) is 4.98 Å². The summed E-state index contributed by atoms with van der Waals surface area (Å²) in [5, 5.41) is 14.5.